The lowest BCUT2D eigenvalue weighted by Crippen LogP contribution is -2.58. The topological polar surface area (TPSA) is 104 Å². The molecule has 0 amide bonds. The van der Waals surface area contributed by atoms with Crippen LogP contribution in [0.5, 0.6) is 0 Å². The minimum atomic E-state index is -0.973. The van der Waals surface area contributed by atoms with Gasteiger partial charge in [-0.15, -0.1) is 0 Å². The standard InChI is InChI=1S/C10H14N4/c11-9(12)5-1-3-7-8(9)4-2-6-10(7,13)14/h1-6H,11-14H2. The monoisotopic (exact) mass is 190 g/mol. The van der Waals surface area contributed by atoms with Crippen LogP contribution in [0, 0.1) is 0 Å². The Morgan fingerprint density at radius 1 is 0.714 bits per heavy atom. The van der Waals surface area contributed by atoms with Crippen LogP contribution in [0.1, 0.15) is 0 Å². The van der Waals surface area contributed by atoms with Crippen molar-refractivity contribution in [2.75, 3.05) is 0 Å². The molecule has 2 rings (SSSR count). The van der Waals surface area contributed by atoms with Crippen LogP contribution in [0.3, 0.4) is 0 Å². The SMILES string of the molecule is NC1(N)C=CC=C2C1=CC=CC2(N)N. The Morgan fingerprint density at radius 3 is 1.43 bits per heavy atom. The van der Waals surface area contributed by atoms with Crippen LogP contribution >= 0.6 is 0 Å². The smallest absolute Gasteiger partial charge is 0.110 e. The number of rotatable bonds is 0. The van der Waals surface area contributed by atoms with E-state index in [9.17, 15) is 0 Å². The van der Waals surface area contributed by atoms with E-state index in [1.54, 1.807) is 24.3 Å². The molecule has 0 aliphatic heterocycles. The van der Waals surface area contributed by atoms with Crippen LogP contribution in [-0.4, -0.2) is 11.3 Å². The molecule has 0 atom stereocenters. The minimum absolute atomic E-state index is 0.771. The molecular formula is C10H14N4. The molecule has 0 aromatic heterocycles. The molecule has 0 heterocycles. The first kappa shape index (κ1) is 9.36. The average molecular weight is 190 g/mol. The maximum atomic E-state index is 5.89. The maximum Gasteiger partial charge on any atom is 0.110 e. The summed E-state index contributed by atoms with van der Waals surface area (Å²) in [5.41, 5.74) is 23.2. The first-order chi connectivity index (χ1) is 6.43. The quantitative estimate of drug-likeness (QED) is 0.375. The van der Waals surface area contributed by atoms with Crippen molar-refractivity contribution in [2.45, 2.75) is 11.3 Å². The summed E-state index contributed by atoms with van der Waals surface area (Å²) in [6.07, 6.45) is 10.7. The Kier molecular flexibility index (Phi) is 1.77. The minimum Gasteiger partial charge on any atom is -0.306 e. The van der Waals surface area contributed by atoms with Gasteiger partial charge in [0.1, 0.15) is 11.3 Å². The highest BCUT2D eigenvalue weighted by atomic mass is 15.0. The lowest BCUT2D eigenvalue weighted by atomic mass is 9.79. The molecule has 2 aliphatic rings. The fourth-order valence-corrected chi connectivity index (χ4v) is 1.72. The molecule has 0 saturated heterocycles. The van der Waals surface area contributed by atoms with Gasteiger partial charge >= 0.3 is 0 Å². The van der Waals surface area contributed by atoms with E-state index in [1.165, 1.54) is 0 Å². The zero-order valence-electron chi connectivity index (χ0n) is 7.77. The summed E-state index contributed by atoms with van der Waals surface area (Å²) >= 11 is 0. The van der Waals surface area contributed by atoms with Crippen molar-refractivity contribution in [3.8, 4) is 0 Å². The van der Waals surface area contributed by atoms with Gasteiger partial charge in [0.15, 0.2) is 0 Å². The summed E-state index contributed by atoms with van der Waals surface area (Å²) in [6, 6.07) is 0. The van der Waals surface area contributed by atoms with Gasteiger partial charge < -0.3 is 22.9 Å². The normalized spacial score (nSPS) is 26.6. The summed E-state index contributed by atoms with van der Waals surface area (Å²) in [6.45, 7) is 0. The molecule has 0 aromatic rings. The molecule has 0 bridgehead atoms. The van der Waals surface area contributed by atoms with E-state index in [0.29, 0.717) is 0 Å². The van der Waals surface area contributed by atoms with Crippen LogP contribution in [0.4, 0.5) is 0 Å². The van der Waals surface area contributed by atoms with E-state index in [4.69, 9.17) is 22.9 Å². The molecule has 0 aromatic carbocycles. The van der Waals surface area contributed by atoms with Gasteiger partial charge in [-0.2, -0.15) is 0 Å². The number of hydrogen-bond acceptors (Lipinski definition) is 4. The van der Waals surface area contributed by atoms with Gasteiger partial charge in [-0.25, -0.2) is 0 Å². The average Bonchev–Trinajstić information content (AvgIpc) is 2.05. The zero-order chi connectivity index (χ0) is 10.4. The Morgan fingerprint density at radius 2 is 1.07 bits per heavy atom. The van der Waals surface area contributed by atoms with E-state index in [2.05, 4.69) is 0 Å². The van der Waals surface area contributed by atoms with E-state index in [1.807, 2.05) is 12.2 Å². The molecule has 74 valence electrons. The predicted molar refractivity (Wildman–Crippen MR) is 56.7 cm³/mol. The molecule has 0 radical (unpaired) electrons. The van der Waals surface area contributed by atoms with Gasteiger partial charge in [0.25, 0.3) is 0 Å². The Hall–Kier alpha value is -1.20. The highest BCUT2D eigenvalue weighted by Gasteiger charge is 2.35. The molecule has 4 nitrogen and oxygen atoms in total. The Balaban J connectivity index is 2.56. The van der Waals surface area contributed by atoms with Crippen molar-refractivity contribution >= 4 is 0 Å². The third kappa shape index (κ3) is 1.25. The molecule has 4 heteroatoms. The molecule has 8 N–H and O–H groups in total. The van der Waals surface area contributed by atoms with Gasteiger partial charge in [0.05, 0.1) is 0 Å². The highest BCUT2D eigenvalue weighted by molar-refractivity contribution is 5.57. The molecule has 14 heavy (non-hydrogen) atoms. The third-order valence-electron chi connectivity index (χ3n) is 2.49. The van der Waals surface area contributed by atoms with Crippen LogP contribution in [0.25, 0.3) is 0 Å². The number of nitrogens with two attached hydrogens (primary N) is 4. The molecule has 0 spiro atoms. The van der Waals surface area contributed by atoms with Crippen molar-refractivity contribution in [1.29, 1.82) is 0 Å². The Bertz CT molecular complexity index is 345. The number of allylic oxidation sites excluding steroid dienone is 4. The van der Waals surface area contributed by atoms with E-state index >= 15 is 0 Å². The van der Waals surface area contributed by atoms with Gasteiger partial charge in [-0.05, 0) is 23.3 Å². The first-order valence-corrected chi connectivity index (χ1v) is 4.39. The van der Waals surface area contributed by atoms with Gasteiger partial charge in [0.2, 0.25) is 0 Å². The zero-order valence-corrected chi connectivity index (χ0v) is 7.77. The summed E-state index contributed by atoms with van der Waals surface area (Å²) in [5, 5.41) is 0. The molecule has 0 saturated carbocycles. The maximum absolute atomic E-state index is 5.89. The van der Waals surface area contributed by atoms with Crippen molar-refractivity contribution < 1.29 is 0 Å². The summed E-state index contributed by atoms with van der Waals surface area (Å²) in [4.78, 5) is 0. The number of fused-ring (bicyclic) bond motifs is 1. The number of hydrogen-bond donors (Lipinski definition) is 4. The van der Waals surface area contributed by atoms with E-state index in [-0.39, 0.29) is 0 Å². The second kappa shape index (κ2) is 2.65. The van der Waals surface area contributed by atoms with Crippen LogP contribution in [0.2, 0.25) is 0 Å². The molecular weight excluding hydrogens is 176 g/mol. The first-order valence-electron chi connectivity index (χ1n) is 4.39. The molecule has 0 unspecified atom stereocenters. The van der Waals surface area contributed by atoms with Crippen molar-refractivity contribution in [3.63, 3.8) is 0 Å². The fourth-order valence-electron chi connectivity index (χ4n) is 1.72. The predicted octanol–water partition coefficient (Wildman–Crippen LogP) is -0.794. The van der Waals surface area contributed by atoms with Crippen molar-refractivity contribution in [1.82, 2.24) is 0 Å². The second-order valence-electron chi connectivity index (χ2n) is 3.74. The van der Waals surface area contributed by atoms with Crippen molar-refractivity contribution in [3.05, 3.63) is 47.6 Å². The molecule has 2 aliphatic carbocycles. The lowest BCUT2D eigenvalue weighted by Gasteiger charge is -2.37. The summed E-state index contributed by atoms with van der Waals surface area (Å²) < 4.78 is 0. The van der Waals surface area contributed by atoms with Gasteiger partial charge in [-0.1, -0.05) is 24.3 Å². The van der Waals surface area contributed by atoms with Crippen LogP contribution in [0.15, 0.2) is 47.6 Å². The Labute approximate surface area is 82.6 Å². The van der Waals surface area contributed by atoms with E-state index < -0.39 is 11.3 Å². The third-order valence-corrected chi connectivity index (χ3v) is 2.49. The second-order valence-corrected chi connectivity index (χ2v) is 3.74. The van der Waals surface area contributed by atoms with E-state index in [0.717, 1.165) is 11.1 Å². The van der Waals surface area contributed by atoms with Gasteiger partial charge in [0, 0.05) is 0 Å². The van der Waals surface area contributed by atoms with Gasteiger partial charge in [-0.3, -0.25) is 0 Å². The fraction of sp³-hybridized carbons (Fsp3) is 0.200. The highest BCUT2D eigenvalue weighted by Crippen LogP contribution is 2.31. The lowest BCUT2D eigenvalue weighted by molar-refractivity contribution is 0.579. The largest absolute Gasteiger partial charge is 0.306 e. The molecule has 0 fully saturated rings. The van der Waals surface area contributed by atoms with Crippen LogP contribution in [-0.2, 0) is 0 Å². The van der Waals surface area contributed by atoms with Crippen molar-refractivity contribution in [2.24, 2.45) is 22.9 Å². The summed E-state index contributed by atoms with van der Waals surface area (Å²) in [5.74, 6) is 0. The van der Waals surface area contributed by atoms with Crippen LogP contribution < -0.4 is 22.9 Å². The summed E-state index contributed by atoms with van der Waals surface area (Å²) in [7, 11) is 0.